The van der Waals surface area contributed by atoms with Crippen molar-refractivity contribution in [1.29, 1.82) is 0 Å². The molecule has 0 aliphatic rings. The number of furan rings is 1. The number of fused-ring (bicyclic) bond motifs is 1. The normalized spacial score (nSPS) is 12.1. The van der Waals surface area contributed by atoms with E-state index in [4.69, 9.17) is 9.15 Å². The number of ether oxygens (including phenoxy) is 1. The molecule has 23 heavy (non-hydrogen) atoms. The minimum absolute atomic E-state index is 0.122. The molecule has 4 heteroatoms. The van der Waals surface area contributed by atoms with E-state index in [0.717, 1.165) is 27.8 Å². The van der Waals surface area contributed by atoms with Gasteiger partial charge in [0.1, 0.15) is 11.3 Å². The Balaban J connectivity index is 1.76. The zero-order valence-corrected chi connectivity index (χ0v) is 13.4. The Labute approximate surface area is 135 Å². The molecule has 0 saturated heterocycles. The third kappa shape index (κ3) is 3.21. The molecule has 1 aromatic heterocycles. The van der Waals surface area contributed by atoms with E-state index in [2.05, 4.69) is 5.32 Å². The molecule has 0 saturated carbocycles. The number of benzene rings is 2. The Morgan fingerprint density at radius 3 is 2.57 bits per heavy atom. The van der Waals surface area contributed by atoms with Gasteiger partial charge < -0.3 is 14.5 Å². The van der Waals surface area contributed by atoms with Crippen LogP contribution >= 0.6 is 0 Å². The molecule has 1 N–H and O–H groups in total. The summed E-state index contributed by atoms with van der Waals surface area (Å²) >= 11 is 0. The molecule has 1 atom stereocenters. The second-order valence-corrected chi connectivity index (χ2v) is 5.62. The van der Waals surface area contributed by atoms with E-state index in [-0.39, 0.29) is 11.9 Å². The third-order valence-electron chi connectivity index (χ3n) is 3.86. The molecule has 0 spiro atoms. The highest BCUT2D eigenvalue weighted by Crippen LogP contribution is 2.22. The van der Waals surface area contributed by atoms with Crippen molar-refractivity contribution < 1.29 is 13.9 Å². The van der Waals surface area contributed by atoms with Crippen LogP contribution in [-0.2, 0) is 0 Å². The quantitative estimate of drug-likeness (QED) is 0.784. The maximum atomic E-state index is 12.4. The van der Waals surface area contributed by atoms with Gasteiger partial charge in [-0.15, -0.1) is 0 Å². The average Bonchev–Trinajstić information content (AvgIpc) is 2.98. The first-order valence-corrected chi connectivity index (χ1v) is 7.52. The number of aryl methyl sites for hydroxylation is 1. The number of amides is 1. The van der Waals surface area contributed by atoms with Crippen molar-refractivity contribution in [3.8, 4) is 5.75 Å². The molecule has 1 heterocycles. The molecule has 3 aromatic rings. The van der Waals surface area contributed by atoms with E-state index in [1.165, 1.54) is 0 Å². The maximum absolute atomic E-state index is 12.4. The van der Waals surface area contributed by atoms with E-state index in [0.29, 0.717) is 5.76 Å². The lowest BCUT2D eigenvalue weighted by Crippen LogP contribution is -2.26. The van der Waals surface area contributed by atoms with Gasteiger partial charge in [-0.05, 0) is 49.2 Å². The molecular formula is C19H19NO3. The van der Waals surface area contributed by atoms with Crippen LogP contribution in [-0.4, -0.2) is 13.0 Å². The monoisotopic (exact) mass is 309 g/mol. The summed E-state index contributed by atoms with van der Waals surface area (Å²) in [7, 11) is 1.63. The lowest BCUT2D eigenvalue weighted by atomic mass is 10.1. The van der Waals surface area contributed by atoms with Crippen molar-refractivity contribution in [1.82, 2.24) is 5.32 Å². The fourth-order valence-electron chi connectivity index (χ4n) is 2.49. The molecule has 2 aromatic carbocycles. The molecule has 4 nitrogen and oxygen atoms in total. The van der Waals surface area contributed by atoms with Gasteiger partial charge in [0.25, 0.3) is 5.91 Å². The van der Waals surface area contributed by atoms with E-state index in [9.17, 15) is 4.79 Å². The van der Waals surface area contributed by atoms with E-state index in [1.807, 2.05) is 56.3 Å². The van der Waals surface area contributed by atoms with E-state index >= 15 is 0 Å². The van der Waals surface area contributed by atoms with E-state index in [1.54, 1.807) is 13.2 Å². The Morgan fingerprint density at radius 1 is 1.13 bits per heavy atom. The zero-order valence-electron chi connectivity index (χ0n) is 13.4. The average molecular weight is 309 g/mol. The number of rotatable bonds is 4. The zero-order chi connectivity index (χ0) is 16.4. The minimum Gasteiger partial charge on any atom is -0.497 e. The van der Waals surface area contributed by atoms with Gasteiger partial charge in [0, 0.05) is 5.39 Å². The highest BCUT2D eigenvalue weighted by atomic mass is 16.5. The summed E-state index contributed by atoms with van der Waals surface area (Å²) in [5.74, 6) is 0.896. The lowest BCUT2D eigenvalue weighted by Gasteiger charge is -2.13. The number of hydrogen-bond donors (Lipinski definition) is 1. The van der Waals surface area contributed by atoms with Crippen molar-refractivity contribution in [2.45, 2.75) is 19.9 Å². The summed E-state index contributed by atoms with van der Waals surface area (Å²) < 4.78 is 10.8. The summed E-state index contributed by atoms with van der Waals surface area (Å²) in [6.45, 7) is 3.93. The summed E-state index contributed by atoms with van der Waals surface area (Å²) in [4.78, 5) is 12.4. The summed E-state index contributed by atoms with van der Waals surface area (Å²) in [6, 6.07) is 15.2. The summed E-state index contributed by atoms with van der Waals surface area (Å²) in [6.07, 6.45) is 0. The molecule has 1 amide bonds. The van der Waals surface area contributed by atoms with Gasteiger partial charge >= 0.3 is 0 Å². The predicted molar refractivity (Wildman–Crippen MR) is 89.8 cm³/mol. The lowest BCUT2D eigenvalue weighted by molar-refractivity contribution is 0.0914. The van der Waals surface area contributed by atoms with Crippen LogP contribution in [0.15, 0.2) is 52.9 Å². The molecule has 3 rings (SSSR count). The van der Waals surface area contributed by atoms with Crippen LogP contribution in [0.3, 0.4) is 0 Å². The highest BCUT2D eigenvalue weighted by Gasteiger charge is 2.15. The second kappa shape index (κ2) is 6.16. The van der Waals surface area contributed by atoms with Crippen molar-refractivity contribution in [2.24, 2.45) is 0 Å². The van der Waals surface area contributed by atoms with Crippen molar-refractivity contribution >= 4 is 16.9 Å². The summed E-state index contributed by atoms with van der Waals surface area (Å²) in [5, 5.41) is 3.88. The van der Waals surface area contributed by atoms with Crippen LogP contribution in [0.4, 0.5) is 0 Å². The largest absolute Gasteiger partial charge is 0.497 e. The minimum atomic E-state index is -0.220. The Morgan fingerprint density at radius 2 is 1.87 bits per heavy atom. The van der Waals surface area contributed by atoms with Crippen molar-refractivity contribution in [3.05, 3.63) is 65.4 Å². The van der Waals surface area contributed by atoms with E-state index < -0.39 is 0 Å². The molecule has 0 radical (unpaired) electrons. The van der Waals surface area contributed by atoms with Gasteiger partial charge in [0.15, 0.2) is 5.76 Å². The molecule has 0 aliphatic heterocycles. The van der Waals surface area contributed by atoms with Gasteiger partial charge in [-0.2, -0.15) is 0 Å². The fraction of sp³-hybridized carbons (Fsp3) is 0.211. The van der Waals surface area contributed by atoms with Gasteiger partial charge in [-0.25, -0.2) is 0 Å². The van der Waals surface area contributed by atoms with Crippen LogP contribution in [0.5, 0.6) is 5.75 Å². The second-order valence-electron chi connectivity index (χ2n) is 5.62. The number of carbonyl (C=O) groups is 1. The Kier molecular flexibility index (Phi) is 4.06. The Bertz CT molecular complexity index is 833. The summed E-state index contributed by atoms with van der Waals surface area (Å²) in [5.41, 5.74) is 2.84. The first-order chi connectivity index (χ1) is 11.1. The number of methoxy groups -OCH3 is 1. The van der Waals surface area contributed by atoms with Crippen LogP contribution in [0, 0.1) is 6.92 Å². The van der Waals surface area contributed by atoms with Crippen LogP contribution < -0.4 is 10.1 Å². The van der Waals surface area contributed by atoms with Crippen LogP contribution in [0.25, 0.3) is 11.0 Å². The van der Waals surface area contributed by atoms with Gasteiger partial charge in [-0.3, -0.25) is 4.79 Å². The van der Waals surface area contributed by atoms with Gasteiger partial charge in [0.2, 0.25) is 0 Å². The SMILES string of the molecule is COc1ccc(C(C)NC(=O)c2cc3ccc(C)cc3o2)cc1. The fourth-order valence-corrected chi connectivity index (χ4v) is 2.49. The van der Waals surface area contributed by atoms with Gasteiger partial charge in [-0.1, -0.05) is 24.3 Å². The van der Waals surface area contributed by atoms with Crippen LogP contribution in [0.2, 0.25) is 0 Å². The molecule has 1 unspecified atom stereocenters. The van der Waals surface area contributed by atoms with Crippen molar-refractivity contribution in [2.75, 3.05) is 7.11 Å². The predicted octanol–water partition coefficient (Wildman–Crippen LogP) is 4.24. The maximum Gasteiger partial charge on any atom is 0.287 e. The standard InChI is InChI=1S/C19H19NO3/c1-12-4-5-15-11-18(23-17(15)10-12)19(21)20-13(2)14-6-8-16(22-3)9-7-14/h4-11,13H,1-3H3,(H,20,21). The molecular weight excluding hydrogens is 290 g/mol. The van der Waals surface area contributed by atoms with Crippen molar-refractivity contribution in [3.63, 3.8) is 0 Å². The smallest absolute Gasteiger partial charge is 0.287 e. The number of carbonyl (C=O) groups excluding carboxylic acids is 1. The molecule has 0 bridgehead atoms. The highest BCUT2D eigenvalue weighted by molar-refractivity contribution is 5.96. The first kappa shape index (κ1) is 15.2. The number of nitrogens with one attached hydrogen (secondary N) is 1. The molecule has 0 fully saturated rings. The third-order valence-corrected chi connectivity index (χ3v) is 3.86. The molecule has 0 aliphatic carbocycles. The topological polar surface area (TPSA) is 51.5 Å². The number of hydrogen-bond acceptors (Lipinski definition) is 3. The van der Waals surface area contributed by atoms with Gasteiger partial charge in [0.05, 0.1) is 13.2 Å². The van der Waals surface area contributed by atoms with Crippen LogP contribution in [0.1, 0.15) is 34.6 Å². The molecule has 118 valence electrons. The first-order valence-electron chi connectivity index (χ1n) is 7.52. The Hall–Kier alpha value is -2.75.